The number of hydrogen-bond donors (Lipinski definition) is 2. The van der Waals surface area contributed by atoms with Crippen LogP contribution in [0.25, 0.3) is 0 Å². The third kappa shape index (κ3) is 3.89. The topological polar surface area (TPSA) is 58.6 Å². The number of halogens is 1. The van der Waals surface area contributed by atoms with Gasteiger partial charge in [0.05, 0.1) is 24.2 Å². The fourth-order valence-electron chi connectivity index (χ4n) is 1.54. The summed E-state index contributed by atoms with van der Waals surface area (Å²) in [6, 6.07) is 5.34. The molecule has 1 aromatic rings. The van der Waals surface area contributed by atoms with Crippen LogP contribution in [0, 0.1) is 6.92 Å². The van der Waals surface area contributed by atoms with E-state index in [4.69, 9.17) is 16.3 Å². The third-order valence-corrected chi connectivity index (χ3v) is 2.89. The summed E-state index contributed by atoms with van der Waals surface area (Å²) in [7, 11) is 0. The van der Waals surface area contributed by atoms with Crippen molar-refractivity contribution in [3.05, 3.63) is 29.3 Å². The second-order valence-corrected chi connectivity index (χ2v) is 4.20. The second-order valence-electron chi connectivity index (χ2n) is 3.89. The minimum absolute atomic E-state index is 0.170. The quantitative estimate of drug-likeness (QED) is 0.615. The molecule has 5 heteroatoms. The van der Waals surface area contributed by atoms with Gasteiger partial charge in [-0.25, -0.2) is 4.79 Å². The Morgan fingerprint density at radius 1 is 1.56 bits per heavy atom. The minimum Gasteiger partial charge on any atom is -0.462 e. The number of hydrogen-bond acceptors (Lipinski definition) is 4. The number of benzene rings is 1. The molecule has 1 rings (SSSR count). The summed E-state index contributed by atoms with van der Waals surface area (Å²) in [4.78, 5) is 11.7. The molecule has 1 aromatic carbocycles. The molecule has 100 valence electrons. The number of ether oxygens (including phenoxy) is 1. The number of esters is 1. The number of anilines is 1. The first-order valence-corrected chi connectivity index (χ1v) is 6.38. The van der Waals surface area contributed by atoms with Crippen molar-refractivity contribution in [2.45, 2.75) is 20.0 Å². The lowest BCUT2D eigenvalue weighted by Crippen LogP contribution is -2.21. The number of aliphatic hydroxyl groups is 1. The van der Waals surface area contributed by atoms with Crippen LogP contribution in [-0.4, -0.2) is 36.2 Å². The van der Waals surface area contributed by atoms with Gasteiger partial charge in [-0.15, -0.1) is 11.6 Å². The number of alkyl halides is 1. The van der Waals surface area contributed by atoms with Gasteiger partial charge in [0.25, 0.3) is 0 Å². The molecule has 0 aliphatic rings. The zero-order valence-electron chi connectivity index (χ0n) is 10.6. The molecule has 0 aromatic heterocycles. The fraction of sp³-hybridized carbons (Fsp3) is 0.462. The zero-order chi connectivity index (χ0) is 13.5. The number of nitrogens with one attached hydrogen (secondary N) is 1. The lowest BCUT2D eigenvalue weighted by molar-refractivity contribution is 0.0525. The predicted octanol–water partition coefficient (Wildman–Crippen LogP) is 2.18. The highest BCUT2D eigenvalue weighted by atomic mass is 35.5. The highest BCUT2D eigenvalue weighted by molar-refractivity contribution is 6.18. The molecule has 2 N–H and O–H groups in total. The van der Waals surface area contributed by atoms with Crippen LogP contribution >= 0.6 is 11.6 Å². The van der Waals surface area contributed by atoms with E-state index < -0.39 is 6.10 Å². The van der Waals surface area contributed by atoms with Crippen molar-refractivity contribution in [3.63, 3.8) is 0 Å². The summed E-state index contributed by atoms with van der Waals surface area (Å²) in [6.07, 6.45) is -0.614. The van der Waals surface area contributed by atoms with E-state index in [9.17, 15) is 9.90 Å². The van der Waals surface area contributed by atoms with Crippen LogP contribution in [0.15, 0.2) is 18.2 Å². The van der Waals surface area contributed by atoms with E-state index in [0.29, 0.717) is 18.7 Å². The number of carbonyl (C=O) groups is 1. The van der Waals surface area contributed by atoms with Crippen LogP contribution in [0.2, 0.25) is 0 Å². The van der Waals surface area contributed by atoms with Crippen LogP contribution in [0.5, 0.6) is 0 Å². The van der Waals surface area contributed by atoms with E-state index in [1.165, 1.54) is 0 Å². The van der Waals surface area contributed by atoms with E-state index >= 15 is 0 Å². The summed E-state index contributed by atoms with van der Waals surface area (Å²) in [5, 5.41) is 12.4. The number of carbonyl (C=O) groups excluding carboxylic acids is 1. The van der Waals surface area contributed by atoms with Crippen molar-refractivity contribution in [1.82, 2.24) is 0 Å². The Hall–Kier alpha value is -1.26. The molecule has 0 radical (unpaired) electrons. The highest BCUT2D eigenvalue weighted by Crippen LogP contribution is 2.19. The molecular formula is C13H18ClNO3. The van der Waals surface area contributed by atoms with E-state index in [2.05, 4.69) is 5.32 Å². The molecule has 0 heterocycles. The van der Waals surface area contributed by atoms with Gasteiger partial charge < -0.3 is 15.2 Å². The largest absolute Gasteiger partial charge is 0.462 e. The summed E-state index contributed by atoms with van der Waals surface area (Å²) < 4.78 is 4.97. The standard InChI is InChI=1S/C13H18ClNO3/c1-3-18-13(17)11-5-4-6-12(9(11)2)15-8-10(16)7-14/h4-6,10,15-16H,3,7-8H2,1-2H3. The first kappa shape index (κ1) is 14.8. The molecular weight excluding hydrogens is 254 g/mol. The molecule has 0 spiro atoms. The summed E-state index contributed by atoms with van der Waals surface area (Å²) in [6.45, 7) is 4.30. The Kier molecular flexibility index (Phi) is 5.95. The molecule has 0 saturated heterocycles. The van der Waals surface area contributed by atoms with Crippen LogP contribution in [0.1, 0.15) is 22.8 Å². The predicted molar refractivity (Wildman–Crippen MR) is 72.4 cm³/mol. The van der Waals surface area contributed by atoms with Crippen LogP contribution in [0.3, 0.4) is 0 Å². The minimum atomic E-state index is -0.614. The molecule has 0 amide bonds. The molecule has 0 saturated carbocycles. The average Bonchev–Trinajstić information content (AvgIpc) is 2.37. The lowest BCUT2D eigenvalue weighted by atomic mass is 10.1. The Morgan fingerprint density at radius 2 is 2.28 bits per heavy atom. The molecule has 18 heavy (non-hydrogen) atoms. The summed E-state index contributed by atoms with van der Waals surface area (Å²) >= 11 is 5.52. The first-order valence-electron chi connectivity index (χ1n) is 5.84. The van der Waals surface area contributed by atoms with E-state index in [1.54, 1.807) is 19.1 Å². The summed E-state index contributed by atoms with van der Waals surface area (Å²) in [5.74, 6) is -0.166. The van der Waals surface area contributed by atoms with Crippen molar-refractivity contribution >= 4 is 23.3 Å². The normalized spacial score (nSPS) is 12.0. The second kappa shape index (κ2) is 7.24. The maximum absolute atomic E-state index is 11.7. The average molecular weight is 272 g/mol. The van der Waals surface area contributed by atoms with Gasteiger partial charge in [-0.1, -0.05) is 6.07 Å². The van der Waals surface area contributed by atoms with Crippen molar-refractivity contribution in [3.8, 4) is 0 Å². The molecule has 4 nitrogen and oxygen atoms in total. The molecule has 0 bridgehead atoms. The summed E-state index contributed by atoms with van der Waals surface area (Å²) in [5.41, 5.74) is 2.13. The maximum atomic E-state index is 11.7. The van der Waals surface area contributed by atoms with Crippen molar-refractivity contribution < 1.29 is 14.6 Å². The smallest absolute Gasteiger partial charge is 0.338 e. The van der Waals surface area contributed by atoms with Gasteiger partial charge in [-0.2, -0.15) is 0 Å². The molecule has 0 aliphatic heterocycles. The highest BCUT2D eigenvalue weighted by Gasteiger charge is 2.12. The van der Waals surface area contributed by atoms with Gasteiger partial charge in [0.2, 0.25) is 0 Å². The fourth-order valence-corrected chi connectivity index (χ4v) is 1.65. The van der Waals surface area contributed by atoms with Crippen molar-refractivity contribution in [2.24, 2.45) is 0 Å². The van der Waals surface area contributed by atoms with Gasteiger partial charge in [0.15, 0.2) is 0 Å². The Labute approximate surface area is 112 Å². The Morgan fingerprint density at radius 3 is 2.89 bits per heavy atom. The van der Waals surface area contributed by atoms with Crippen LogP contribution in [0.4, 0.5) is 5.69 Å². The lowest BCUT2D eigenvalue weighted by Gasteiger charge is -2.14. The van der Waals surface area contributed by atoms with Crippen molar-refractivity contribution in [2.75, 3.05) is 24.3 Å². The van der Waals surface area contributed by atoms with E-state index in [-0.39, 0.29) is 11.8 Å². The van der Waals surface area contributed by atoms with Gasteiger partial charge in [0, 0.05) is 12.2 Å². The Bertz CT molecular complexity index is 409. The molecule has 0 fully saturated rings. The van der Waals surface area contributed by atoms with E-state index in [0.717, 1.165) is 11.3 Å². The maximum Gasteiger partial charge on any atom is 0.338 e. The molecule has 0 aliphatic carbocycles. The van der Waals surface area contributed by atoms with Crippen LogP contribution in [-0.2, 0) is 4.74 Å². The number of rotatable bonds is 6. The first-order chi connectivity index (χ1) is 8.60. The van der Waals surface area contributed by atoms with Gasteiger partial charge in [0.1, 0.15) is 0 Å². The SMILES string of the molecule is CCOC(=O)c1cccc(NCC(O)CCl)c1C. The Balaban J connectivity index is 2.81. The number of aliphatic hydroxyl groups excluding tert-OH is 1. The van der Waals surface area contributed by atoms with Gasteiger partial charge >= 0.3 is 5.97 Å². The van der Waals surface area contributed by atoms with Gasteiger partial charge in [-0.05, 0) is 31.5 Å². The van der Waals surface area contributed by atoms with Crippen molar-refractivity contribution in [1.29, 1.82) is 0 Å². The zero-order valence-corrected chi connectivity index (χ0v) is 11.3. The third-order valence-electron chi connectivity index (χ3n) is 2.54. The monoisotopic (exact) mass is 271 g/mol. The van der Waals surface area contributed by atoms with E-state index in [1.807, 2.05) is 13.0 Å². The molecule has 1 unspecified atom stereocenters. The van der Waals surface area contributed by atoms with Gasteiger partial charge in [-0.3, -0.25) is 0 Å². The molecule has 1 atom stereocenters. The van der Waals surface area contributed by atoms with Crippen LogP contribution < -0.4 is 5.32 Å².